The Labute approximate surface area is 159 Å². The Morgan fingerprint density at radius 3 is 2.58 bits per heavy atom. The molecule has 0 aliphatic carbocycles. The Morgan fingerprint density at radius 2 is 1.88 bits per heavy atom. The van der Waals surface area contributed by atoms with Crippen LogP contribution in [0.2, 0.25) is 0 Å². The smallest absolute Gasteiger partial charge is 0.221 e. The molecule has 5 nitrogen and oxygen atoms in total. The van der Waals surface area contributed by atoms with Gasteiger partial charge in [-0.05, 0) is 29.8 Å². The van der Waals surface area contributed by atoms with Crippen LogP contribution >= 0.6 is 11.8 Å². The number of thioether (sulfide) groups is 1. The third-order valence-corrected chi connectivity index (χ3v) is 4.68. The Balaban J connectivity index is 1.79. The van der Waals surface area contributed by atoms with Gasteiger partial charge in [-0.15, -0.1) is 11.8 Å². The fourth-order valence-electron chi connectivity index (χ4n) is 2.38. The Morgan fingerprint density at radius 1 is 1.12 bits per heavy atom. The maximum Gasteiger partial charge on any atom is 0.221 e. The summed E-state index contributed by atoms with van der Waals surface area (Å²) in [5.41, 5.74) is 1.87. The summed E-state index contributed by atoms with van der Waals surface area (Å²) in [5.74, 6) is 0.688. The monoisotopic (exact) mass is 370 g/mol. The van der Waals surface area contributed by atoms with E-state index in [0.29, 0.717) is 11.8 Å². The van der Waals surface area contributed by atoms with E-state index in [0.717, 1.165) is 23.8 Å². The van der Waals surface area contributed by atoms with E-state index >= 15 is 0 Å². The Bertz CT molecular complexity index is 734. The van der Waals surface area contributed by atoms with Crippen LogP contribution in [0, 0.1) is 0 Å². The van der Waals surface area contributed by atoms with Gasteiger partial charge in [0.15, 0.2) is 5.96 Å². The standard InChI is InChI=1S/C20H26N4OS/c1-15(26-19-10-5-4-6-11-19)13-22-20(21-3)23-14-17-8-7-9-18(12-17)24-16(2)25/h4-12,15H,13-14H2,1-3H3,(H,24,25)(H2,21,22,23). The highest BCUT2D eigenvalue weighted by atomic mass is 32.2. The lowest BCUT2D eigenvalue weighted by atomic mass is 10.2. The van der Waals surface area contributed by atoms with Crippen LogP contribution in [0.5, 0.6) is 0 Å². The highest BCUT2D eigenvalue weighted by Crippen LogP contribution is 2.21. The van der Waals surface area contributed by atoms with Gasteiger partial charge in [0.1, 0.15) is 0 Å². The molecule has 0 aliphatic rings. The summed E-state index contributed by atoms with van der Waals surface area (Å²) in [6.07, 6.45) is 0. The van der Waals surface area contributed by atoms with Crippen molar-refractivity contribution in [3.63, 3.8) is 0 Å². The first-order valence-corrected chi connectivity index (χ1v) is 9.47. The van der Waals surface area contributed by atoms with Crippen molar-refractivity contribution in [3.05, 3.63) is 60.2 Å². The first-order chi connectivity index (χ1) is 12.6. The molecule has 1 unspecified atom stereocenters. The lowest BCUT2D eigenvalue weighted by Crippen LogP contribution is -2.39. The molecule has 26 heavy (non-hydrogen) atoms. The molecule has 2 rings (SSSR count). The molecule has 6 heteroatoms. The summed E-state index contributed by atoms with van der Waals surface area (Å²) in [5, 5.41) is 9.87. The molecule has 0 saturated carbocycles. The number of benzene rings is 2. The van der Waals surface area contributed by atoms with Gasteiger partial charge in [0.25, 0.3) is 0 Å². The van der Waals surface area contributed by atoms with Gasteiger partial charge in [0.2, 0.25) is 5.91 Å². The molecule has 0 aliphatic heterocycles. The molecule has 2 aromatic carbocycles. The van der Waals surface area contributed by atoms with E-state index in [1.54, 1.807) is 7.05 Å². The molecule has 0 aromatic heterocycles. The van der Waals surface area contributed by atoms with Crippen molar-refractivity contribution in [1.29, 1.82) is 0 Å². The SMILES string of the molecule is CN=C(NCc1cccc(NC(C)=O)c1)NCC(C)Sc1ccccc1. The third-order valence-electron chi connectivity index (χ3n) is 3.57. The number of carbonyl (C=O) groups is 1. The molecule has 0 radical (unpaired) electrons. The quantitative estimate of drug-likeness (QED) is 0.397. The summed E-state index contributed by atoms with van der Waals surface area (Å²) in [6, 6.07) is 18.1. The number of hydrogen-bond acceptors (Lipinski definition) is 3. The van der Waals surface area contributed by atoms with Gasteiger partial charge in [0, 0.05) is 42.9 Å². The van der Waals surface area contributed by atoms with E-state index in [2.05, 4.69) is 52.1 Å². The second-order valence-electron chi connectivity index (χ2n) is 5.93. The van der Waals surface area contributed by atoms with Crippen molar-refractivity contribution in [3.8, 4) is 0 Å². The van der Waals surface area contributed by atoms with Crippen molar-refractivity contribution < 1.29 is 4.79 Å². The number of anilines is 1. The van der Waals surface area contributed by atoms with Crippen LogP contribution in [0.15, 0.2) is 64.5 Å². The molecule has 0 heterocycles. The largest absolute Gasteiger partial charge is 0.355 e. The first kappa shape index (κ1) is 19.8. The lowest BCUT2D eigenvalue weighted by molar-refractivity contribution is -0.114. The molecule has 0 saturated heterocycles. The van der Waals surface area contributed by atoms with E-state index in [9.17, 15) is 4.79 Å². The zero-order valence-corrected chi connectivity index (χ0v) is 16.3. The maximum absolute atomic E-state index is 11.2. The second-order valence-corrected chi connectivity index (χ2v) is 7.44. The van der Waals surface area contributed by atoms with Crippen molar-refractivity contribution in [2.75, 3.05) is 18.9 Å². The molecule has 0 bridgehead atoms. The van der Waals surface area contributed by atoms with Gasteiger partial charge in [-0.1, -0.05) is 37.3 Å². The number of amides is 1. The van der Waals surface area contributed by atoms with Gasteiger partial charge in [-0.25, -0.2) is 0 Å². The minimum Gasteiger partial charge on any atom is -0.355 e. The van der Waals surface area contributed by atoms with Crippen LogP contribution in [-0.2, 0) is 11.3 Å². The van der Waals surface area contributed by atoms with E-state index in [1.807, 2.05) is 42.1 Å². The van der Waals surface area contributed by atoms with Crippen LogP contribution in [-0.4, -0.2) is 30.7 Å². The predicted molar refractivity (Wildman–Crippen MR) is 111 cm³/mol. The van der Waals surface area contributed by atoms with Gasteiger partial charge in [-0.3, -0.25) is 9.79 Å². The Hall–Kier alpha value is -2.47. The van der Waals surface area contributed by atoms with Gasteiger partial charge < -0.3 is 16.0 Å². The number of nitrogens with one attached hydrogen (secondary N) is 3. The molecule has 2 aromatic rings. The zero-order chi connectivity index (χ0) is 18.8. The summed E-state index contributed by atoms with van der Waals surface area (Å²) >= 11 is 1.83. The number of guanidine groups is 1. The fraction of sp³-hybridized carbons (Fsp3) is 0.300. The van der Waals surface area contributed by atoms with E-state index in [4.69, 9.17) is 0 Å². The Kier molecular flexibility index (Phi) is 8.02. The third kappa shape index (κ3) is 7.19. The molecule has 1 amide bonds. The van der Waals surface area contributed by atoms with Crippen LogP contribution in [0.3, 0.4) is 0 Å². The minimum atomic E-state index is -0.0718. The number of aliphatic imine (C=N–C) groups is 1. The summed E-state index contributed by atoms with van der Waals surface area (Å²) in [7, 11) is 1.76. The van der Waals surface area contributed by atoms with Crippen LogP contribution < -0.4 is 16.0 Å². The van der Waals surface area contributed by atoms with Crippen LogP contribution in [0.25, 0.3) is 0 Å². The number of rotatable bonds is 7. The number of carbonyl (C=O) groups excluding carboxylic acids is 1. The van der Waals surface area contributed by atoms with Gasteiger partial charge >= 0.3 is 0 Å². The average Bonchev–Trinajstić information content (AvgIpc) is 2.62. The van der Waals surface area contributed by atoms with Crippen LogP contribution in [0.1, 0.15) is 19.4 Å². The topological polar surface area (TPSA) is 65.5 Å². The van der Waals surface area contributed by atoms with Crippen molar-refractivity contribution in [1.82, 2.24) is 10.6 Å². The van der Waals surface area contributed by atoms with Gasteiger partial charge in [-0.2, -0.15) is 0 Å². The fourth-order valence-corrected chi connectivity index (χ4v) is 3.33. The summed E-state index contributed by atoms with van der Waals surface area (Å²) in [4.78, 5) is 16.7. The van der Waals surface area contributed by atoms with Crippen molar-refractivity contribution >= 4 is 29.3 Å². The molecule has 138 valence electrons. The average molecular weight is 371 g/mol. The van der Waals surface area contributed by atoms with Crippen molar-refractivity contribution in [2.24, 2.45) is 4.99 Å². The lowest BCUT2D eigenvalue weighted by Gasteiger charge is -2.16. The normalized spacial score (nSPS) is 12.3. The maximum atomic E-state index is 11.2. The second kappa shape index (κ2) is 10.5. The molecular formula is C20H26N4OS. The highest BCUT2D eigenvalue weighted by Gasteiger charge is 2.06. The number of nitrogens with zero attached hydrogens (tertiary/aromatic N) is 1. The number of hydrogen-bond donors (Lipinski definition) is 3. The molecule has 0 spiro atoms. The van der Waals surface area contributed by atoms with E-state index in [1.165, 1.54) is 11.8 Å². The summed E-state index contributed by atoms with van der Waals surface area (Å²) in [6.45, 7) is 5.14. The first-order valence-electron chi connectivity index (χ1n) is 8.59. The predicted octanol–water partition coefficient (Wildman–Crippen LogP) is 3.49. The zero-order valence-electron chi connectivity index (χ0n) is 15.5. The molecule has 1 atom stereocenters. The van der Waals surface area contributed by atoms with E-state index < -0.39 is 0 Å². The summed E-state index contributed by atoms with van der Waals surface area (Å²) < 4.78 is 0. The highest BCUT2D eigenvalue weighted by molar-refractivity contribution is 8.00. The van der Waals surface area contributed by atoms with Crippen LogP contribution in [0.4, 0.5) is 5.69 Å². The van der Waals surface area contributed by atoms with E-state index in [-0.39, 0.29) is 5.91 Å². The minimum absolute atomic E-state index is 0.0718. The molecule has 0 fully saturated rings. The van der Waals surface area contributed by atoms with Gasteiger partial charge in [0.05, 0.1) is 0 Å². The molecular weight excluding hydrogens is 344 g/mol. The van der Waals surface area contributed by atoms with Crippen molar-refractivity contribution in [2.45, 2.75) is 30.5 Å². The molecule has 3 N–H and O–H groups in total.